The number of unbranched alkanes of at least 4 members (excludes halogenated alkanes) is 1. The van der Waals surface area contributed by atoms with Gasteiger partial charge in [-0.3, -0.25) is 0 Å². The van der Waals surface area contributed by atoms with E-state index in [1.165, 1.54) is 18.4 Å². The Hall–Kier alpha value is -1.32. The first-order valence-electron chi connectivity index (χ1n) is 7.47. The highest BCUT2D eigenvalue weighted by molar-refractivity contribution is 5.59. The molecular weight excluding hydrogens is 236 g/mol. The highest BCUT2D eigenvalue weighted by Crippen LogP contribution is 2.26. The van der Waals surface area contributed by atoms with Gasteiger partial charge in [-0.1, -0.05) is 27.2 Å². The van der Waals surface area contributed by atoms with Crippen molar-refractivity contribution in [2.45, 2.75) is 59.4 Å². The maximum absolute atomic E-state index is 4.56. The van der Waals surface area contributed by atoms with Gasteiger partial charge in [-0.2, -0.15) is 0 Å². The van der Waals surface area contributed by atoms with Crippen LogP contribution in [0.3, 0.4) is 0 Å². The second-order valence-electron chi connectivity index (χ2n) is 4.93. The Morgan fingerprint density at radius 1 is 1.26 bits per heavy atom. The number of nitrogens with zero attached hydrogens (tertiary/aromatic N) is 3. The van der Waals surface area contributed by atoms with Crippen LogP contribution >= 0.6 is 0 Å². The smallest absolute Gasteiger partial charge is 0.137 e. The molecule has 0 saturated carbocycles. The molecule has 4 nitrogen and oxygen atoms in total. The largest absolute Gasteiger partial charge is 0.373 e. The van der Waals surface area contributed by atoms with Gasteiger partial charge in [-0.25, -0.2) is 9.97 Å². The van der Waals surface area contributed by atoms with Crippen LogP contribution in [0.15, 0.2) is 6.33 Å². The van der Waals surface area contributed by atoms with Gasteiger partial charge in [0.05, 0.1) is 0 Å². The number of anilines is 2. The monoisotopic (exact) mass is 264 g/mol. The van der Waals surface area contributed by atoms with Crippen molar-refractivity contribution in [1.29, 1.82) is 0 Å². The molecule has 0 bridgehead atoms. The van der Waals surface area contributed by atoms with E-state index >= 15 is 0 Å². The molecule has 1 rings (SSSR count). The van der Waals surface area contributed by atoms with Gasteiger partial charge in [0.2, 0.25) is 0 Å². The Morgan fingerprint density at radius 3 is 2.53 bits per heavy atom. The molecule has 0 spiro atoms. The second-order valence-corrected chi connectivity index (χ2v) is 4.93. The van der Waals surface area contributed by atoms with Crippen LogP contribution in [0, 0.1) is 0 Å². The first-order chi connectivity index (χ1) is 9.19. The minimum absolute atomic E-state index is 0.511. The van der Waals surface area contributed by atoms with Crippen LogP contribution in [0.2, 0.25) is 0 Å². The van der Waals surface area contributed by atoms with Crippen LogP contribution < -0.4 is 10.2 Å². The van der Waals surface area contributed by atoms with Crippen LogP contribution in [0.4, 0.5) is 11.6 Å². The van der Waals surface area contributed by atoms with Crippen molar-refractivity contribution in [2.75, 3.05) is 23.8 Å². The lowest BCUT2D eigenvalue weighted by Crippen LogP contribution is -2.35. The van der Waals surface area contributed by atoms with Crippen LogP contribution in [-0.2, 0) is 6.42 Å². The summed E-state index contributed by atoms with van der Waals surface area (Å²) >= 11 is 0. The minimum atomic E-state index is 0.511. The summed E-state index contributed by atoms with van der Waals surface area (Å²) in [5.41, 5.74) is 1.22. The zero-order valence-corrected chi connectivity index (χ0v) is 13.0. The van der Waals surface area contributed by atoms with E-state index in [1.807, 2.05) is 7.05 Å². The third kappa shape index (κ3) is 3.82. The molecule has 0 amide bonds. The molecule has 1 N–H and O–H groups in total. The standard InChI is InChI=1S/C15H28N4/c1-6-9-10-19(12(4)7-2)15-13(8-3)14(16-5)17-11-18-15/h11-12H,6-10H2,1-5H3,(H,16,17,18). The van der Waals surface area contributed by atoms with Gasteiger partial charge in [0.25, 0.3) is 0 Å². The average molecular weight is 264 g/mol. The van der Waals surface area contributed by atoms with Crippen molar-refractivity contribution in [3.63, 3.8) is 0 Å². The molecule has 4 heteroatoms. The second kappa shape index (κ2) is 7.97. The molecule has 1 atom stereocenters. The lowest BCUT2D eigenvalue weighted by Gasteiger charge is -2.31. The topological polar surface area (TPSA) is 41.1 Å². The molecule has 1 aromatic heterocycles. The minimum Gasteiger partial charge on any atom is -0.373 e. The van der Waals surface area contributed by atoms with Gasteiger partial charge in [0.1, 0.15) is 18.0 Å². The normalized spacial score (nSPS) is 12.3. The van der Waals surface area contributed by atoms with Gasteiger partial charge < -0.3 is 10.2 Å². The van der Waals surface area contributed by atoms with Crippen molar-refractivity contribution in [1.82, 2.24) is 9.97 Å². The predicted octanol–water partition coefficient (Wildman–Crippen LogP) is 3.49. The Labute approximate surface area is 117 Å². The molecule has 0 aromatic carbocycles. The maximum atomic E-state index is 4.56. The fraction of sp³-hybridized carbons (Fsp3) is 0.733. The van der Waals surface area contributed by atoms with E-state index in [-0.39, 0.29) is 0 Å². The summed E-state index contributed by atoms with van der Waals surface area (Å²) in [5.74, 6) is 2.06. The lowest BCUT2D eigenvalue weighted by atomic mass is 10.1. The predicted molar refractivity (Wildman–Crippen MR) is 83.0 cm³/mol. The Morgan fingerprint density at radius 2 is 2.00 bits per heavy atom. The molecule has 0 radical (unpaired) electrons. The molecular formula is C15H28N4. The summed E-state index contributed by atoms with van der Waals surface area (Å²) in [5, 5.41) is 3.18. The molecule has 1 heterocycles. The Bertz CT molecular complexity index is 378. The van der Waals surface area contributed by atoms with Crippen molar-refractivity contribution >= 4 is 11.6 Å². The van der Waals surface area contributed by atoms with Crippen molar-refractivity contribution in [2.24, 2.45) is 0 Å². The summed E-state index contributed by atoms with van der Waals surface area (Å²) < 4.78 is 0. The van der Waals surface area contributed by atoms with Crippen molar-refractivity contribution in [3.8, 4) is 0 Å². The number of aromatic nitrogens is 2. The molecule has 0 aliphatic heterocycles. The van der Waals surface area contributed by atoms with E-state index < -0.39 is 0 Å². The Balaban J connectivity index is 3.13. The summed E-state index contributed by atoms with van der Waals surface area (Å²) in [6.07, 6.45) is 6.16. The van der Waals surface area contributed by atoms with Crippen LogP contribution in [0.25, 0.3) is 0 Å². The van der Waals surface area contributed by atoms with E-state index in [1.54, 1.807) is 6.33 Å². The van der Waals surface area contributed by atoms with E-state index in [9.17, 15) is 0 Å². The van der Waals surface area contributed by atoms with Crippen LogP contribution in [0.5, 0.6) is 0 Å². The van der Waals surface area contributed by atoms with Gasteiger partial charge >= 0.3 is 0 Å². The van der Waals surface area contributed by atoms with Gasteiger partial charge in [-0.15, -0.1) is 0 Å². The molecule has 1 aromatic rings. The molecule has 0 saturated heterocycles. The van der Waals surface area contributed by atoms with E-state index in [0.29, 0.717) is 6.04 Å². The fourth-order valence-electron chi connectivity index (χ4n) is 2.28. The van der Waals surface area contributed by atoms with Crippen LogP contribution in [-0.4, -0.2) is 29.6 Å². The van der Waals surface area contributed by atoms with E-state index in [2.05, 4.69) is 47.9 Å². The first kappa shape index (κ1) is 15.7. The Kier molecular flexibility index (Phi) is 6.60. The lowest BCUT2D eigenvalue weighted by molar-refractivity contribution is 0.587. The zero-order chi connectivity index (χ0) is 14.3. The number of hydrogen-bond acceptors (Lipinski definition) is 4. The third-order valence-corrected chi connectivity index (χ3v) is 3.66. The summed E-state index contributed by atoms with van der Waals surface area (Å²) in [7, 11) is 1.92. The zero-order valence-electron chi connectivity index (χ0n) is 13.0. The number of nitrogens with one attached hydrogen (secondary N) is 1. The fourth-order valence-corrected chi connectivity index (χ4v) is 2.28. The maximum Gasteiger partial charge on any atom is 0.137 e. The molecule has 0 fully saturated rings. The van der Waals surface area contributed by atoms with E-state index in [0.717, 1.165) is 31.0 Å². The molecule has 108 valence electrons. The van der Waals surface area contributed by atoms with Gasteiger partial charge in [-0.05, 0) is 26.2 Å². The molecule has 19 heavy (non-hydrogen) atoms. The number of rotatable bonds is 8. The third-order valence-electron chi connectivity index (χ3n) is 3.66. The van der Waals surface area contributed by atoms with Crippen molar-refractivity contribution < 1.29 is 0 Å². The average Bonchev–Trinajstić information content (AvgIpc) is 2.46. The SMILES string of the molecule is CCCCN(c1ncnc(NC)c1CC)C(C)CC. The summed E-state index contributed by atoms with van der Waals surface area (Å²) in [4.78, 5) is 11.3. The quantitative estimate of drug-likeness (QED) is 0.780. The highest BCUT2D eigenvalue weighted by atomic mass is 15.2. The van der Waals surface area contributed by atoms with Gasteiger partial charge in [0.15, 0.2) is 0 Å². The first-order valence-corrected chi connectivity index (χ1v) is 7.47. The van der Waals surface area contributed by atoms with E-state index in [4.69, 9.17) is 0 Å². The molecule has 1 unspecified atom stereocenters. The number of hydrogen-bond donors (Lipinski definition) is 1. The molecule has 0 aliphatic carbocycles. The summed E-state index contributed by atoms with van der Waals surface area (Å²) in [6.45, 7) is 9.97. The van der Waals surface area contributed by atoms with Gasteiger partial charge in [0, 0.05) is 25.2 Å². The van der Waals surface area contributed by atoms with Crippen molar-refractivity contribution in [3.05, 3.63) is 11.9 Å². The van der Waals surface area contributed by atoms with Crippen LogP contribution in [0.1, 0.15) is 52.5 Å². The summed E-state index contributed by atoms with van der Waals surface area (Å²) in [6, 6.07) is 0.511. The highest BCUT2D eigenvalue weighted by Gasteiger charge is 2.19. The molecule has 0 aliphatic rings.